The molecular weight excluding hydrogens is 232 g/mol. The molecule has 2 amide bonds. The molecule has 1 aliphatic rings. The van der Waals surface area contributed by atoms with E-state index in [2.05, 4.69) is 19.2 Å². The van der Waals surface area contributed by atoms with Gasteiger partial charge in [0.15, 0.2) is 0 Å². The Labute approximate surface area is 109 Å². The number of carboxylic acids is 1. The minimum atomic E-state index is -0.878. The molecule has 0 aromatic heterocycles. The Morgan fingerprint density at radius 1 is 1.28 bits per heavy atom. The van der Waals surface area contributed by atoms with E-state index >= 15 is 0 Å². The van der Waals surface area contributed by atoms with Crippen molar-refractivity contribution in [2.24, 2.45) is 17.8 Å². The SMILES string of the molecule is CC(C)C(CC(=O)O)NC(=O)N1CC(C)C(C)C1. The highest BCUT2D eigenvalue weighted by atomic mass is 16.4. The van der Waals surface area contributed by atoms with Crippen LogP contribution in [-0.2, 0) is 4.79 Å². The molecule has 0 aromatic carbocycles. The van der Waals surface area contributed by atoms with Gasteiger partial charge in [0.1, 0.15) is 0 Å². The summed E-state index contributed by atoms with van der Waals surface area (Å²) in [6, 6.07) is -0.438. The summed E-state index contributed by atoms with van der Waals surface area (Å²) in [5.74, 6) is 0.250. The standard InChI is InChI=1S/C13H24N2O3/c1-8(2)11(5-12(16)17)14-13(18)15-6-9(3)10(4)7-15/h8-11H,5-7H2,1-4H3,(H,14,18)(H,16,17). The molecule has 1 saturated heterocycles. The molecule has 0 saturated carbocycles. The zero-order chi connectivity index (χ0) is 13.9. The van der Waals surface area contributed by atoms with Gasteiger partial charge in [-0.05, 0) is 17.8 Å². The topological polar surface area (TPSA) is 69.6 Å². The molecule has 0 bridgehead atoms. The van der Waals surface area contributed by atoms with Crippen LogP contribution in [0.5, 0.6) is 0 Å². The molecular formula is C13H24N2O3. The summed E-state index contributed by atoms with van der Waals surface area (Å²) in [6.45, 7) is 9.62. The number of nitrogens with zero attached hydrogens (tertiary/aromatic N) is 1. The average Bonchev–Trinajstić information content (AvgIpc) is 2.57. The van der Waals surface area contributed by atoms with Gasteiger partial charge < -0.3 is 15.3 Å². The van der Waals surface area contributed by atoms with Crippen LogP contribution in [0.3, 0.4) is 0 Å². The Morgan fingerprint density at radius 3 is 2.17 bits per heavy atom. The normalized spacial score (nSPS) is 25.3. The average molecular weight is 256 g/mol. The molecule has 0 spiro atoms. The number of carboxylic acid groups (broad SMARTS) is 1. The van der Waals surface area contributed by atoms with Gasteiger partial charge in [-0.25, -0.2) is 4.79 Å². The first kappa shape index (κ1) is 14.8. The molecule has 1 heterocycles. The molecule has 3 atom stereocenters. The van der Waals surface area contributed by atoms with Crippen molar-refractivity contribution >= 4 is 12.0 Å². The smallest absolute Gasteiger partial charge is 0.317 e. The van der Waals surface area contributed by atoms with Gasteiger partial charge in [-0.1, -0.05) is 27.7 Å². The van der Waals surface area contributed by atoms with E-state index in [9.17, 15) is 9.59 Å². The molecule has 0 radical (unpaired) electrons. The van der Waals surface area contributed by atoms with Crippen molar-refractivity contribution in [3.63, 3.8) is 0 Å². The number of urea groups is 1. The Hall–Kier alpha value is -1.26. The van der Waals surface area contributed by atoms with E-state index in [0.29, 0.717) is 11.8 Å². The summed E-state index contributed by atoms with van der Waals surface area (Å²) in [4.78, 5) is 24.6. The Kier molecular flexibility index (Phi) is 4.99. The number of aliphatic carboxylic acids is 1. The van der Waals surface area contributed by atoms with Crippen molar-refractivity contribution in [2.45, 2.75) is 40.2 Å². The van der Waals surface area contributed by atoms with Crippen LogP contribution >= 0.6 is 0 Å². The first-order valence-corrected chi connectivity index (χ1v) is 6.58. The number of carbonyl (C=O) groups is 2. The minimum absolute atomic E-state index is 0.0254. The van der Waals surface area contributed by atoms with Gasteiger partial charge in [0.2, 0.25) is 0 Å². The van der Waals surface area contributed by atoms with Crippen molar-refractivity contribution in [1.82, 2.24) is 10.2 Å². The van der Waals surface area contributed by atoms with Gasteiger partial charge in [0.25, 0.3) is 0 Å². The molecule has 1 fully saturated rings. The molecule has 18 heavy (non-hydrogen) atoms. The van der Waals surface area contributed by atoms with Gasteiger partial charge in [-0.15, -0.1) is 0 Å². The van der Waals surface area contributed by atoms with Crippen molar-refractivity contribution in [2.75, 3.05) is 13.1 Å². The molecule has 1 rings (SSSR count). The lowest BCUT2D eigenvalue weighted by molar-refractivity contribution is -0.137. The van der Waals surface area contributed by atoms with Crippen LogP contribution in [0.2, 0.25) is 0 Å². The maximum Gasteiger partial charge on any atom is 0.317 e. The van der Waals surface area contributed by atoms with Crippen LogP contribution < -0.4 is 5.32 Å². The monoisotopic (exact) mass is 256 g/mol. The van der Waals surface area contributed by atoms with Gasteiger partial charge >= 0.3 is 12.0 Å². The van der Waals surface area contributed by atoms with Crippen LogP contribution in [0, 0.1) is 17.8 Å². The fourth-order valence-corrected chi connectivity index (χ4v) is 2.19. The van der Waals surface area contributed by atoms with Crippen LogP contribution in [0.4, 0.5) is 4.79 Å². The zero-order valence-electron chi connectivity index (χ0n) is 11.6. The van der Waals surface area contributed by atoms with E-state index < -0.39 is 5.97 Å². The first-order chi connectivity index (χ1) is 8.31. The largest absolute Gasteiger partial charge is 0.481 e. The van der Waals surface area contributed by atoms with Crippen LogP contribution in [0.15, 0.2) is 0 Å². The molecule has 0 aliphatic carbocycles. The fourth-order valence-electron chi connectivity index (χ4n) is 2.19. The Balaban J connectivity index is 2.54. The lowest BCUT2D eigenvalue weighted by Gasteiger charge is -2.24. The van der Waals surface area contributed by atoms with Crippen molar-refractivity contribution in [3.8, 4) is 0 Å². The predicted molar refractivity (Wildman–Crippen MR) is 69.3 cm³/mol. The zero-order valence-corrected chi connectivity index (χ0v) is 11.6. The number of hydrogen-bond acceptors (Lipinski definition) is 2. The molecule has 3 unspecified atom stereocenters. The van der Waals surface area contributed by atoms with Crippen LogP contribution in [-0.4, -0.2) is 41.1 Å². The third-order valence-corrected chi connectivity index (χ3v) is 3.78. The third-order valence-electron chi connectivity index (χ3n) is 3.78. The highest BCUT2D eigenvalue weighted by Gasteiger charge is 2.31. The first-order valence-electron chi connectivity index (χ1n) is 6.58. The highest BCUT2D eigenvalue weighted by Crippen LogP contribution is 2.22. The Morgan fingerprint density at radius 2 is 1.78 bits per heavy atom. The van der Waals surface area contributed by atoms with Crippen LogP contribution in [0.1, 0.15) is 34.1 Å². The summed E-state index contributed by atoms with van der Waals surface area (Å²) >= 11 is 0. The molecule has 1 aliphatic heterocycles. The van der Waals surface area contributed by atoms with Crippen molar-refractivity contribution in [3.05, 3.63) is 0 Å². The number of likely N-dealkylation sites (tertiary alicyclic amines) is 1. The second-order valence-electron chi connectivity index (χ2n) is 5.76. The highest BCUT2D eigenvalue weighted by molar-refractivity contribution is 5.76. The number of rotatable bonds is 4. The van der Waals surface area contributed by atoms with E-state index in [-0.39, 0.29) is 24.4 Å². The van der Waals surface area contributed by atoms with Gasteiger partial charge in [-0.3, -0.25) is 4.79 Å². The summed E-state index contributed by atoms with van der Waals surface area (Å²) in [6.07, 6.45) is -0.0254. The van der Waals surface area contributed by atoms with Crippen molar-refractivity contribution < 1.29 is 14.7 Å². The number of amides is 2. The summed E-state index contributed by atoms with van der Waals surface area (Å²) in [7, 11) is 0. The second-order valence-corrected chi connectivity index (χ2v) is 5.76. The maximum absolute atomic E-state index is 12.1. The summed E-state index contributed by atoms with van der Waals surface area (Å²) < 4.78 is 0. The molecule has 0 aromatic rings. The number of hydrogen-bond donors (Lipinski definition) is 2. The fraction of sp³-hybridized carbons (Fsp3) is 0.846. The summed E-state index contributed by atoms with van der Waals surface area (Å²) in [5.41, 5.74) is 0. The quantitative estimate of drug-likeness (QED) is 0.805. The van der Waals surface area contributed by atoms with E-state index in [4.69, 9.17) is 5.11 Å². The third kappa shape index (κ3) is 3.89. The minimum Gasteiger partial charge on any atom is -0.481 e. The van der Waals surface area contributed by atoms with Gasteiger partial charge in [0.05, 0.1) is 6.42 Å². The molecule has 104 valence electrons. The number of nitrogens with one attached hydrogen (secondary N) is 1. The number of carbonyl (C=O) groups excluding carboxylic acids is 1. The lowest BCUT2D eigenvalue weighted by atomic mass is 10.0. The molecule has 2 N–H and O–H groups in total. The van der Waals surface area contributed by atoms with E-state index in [1.54, 1.807) is 4.90 Å². The molecule has 5 heteroatoms. The molecule has 5 nitrogen and oxygen atoms in total. The van der Waals surface area contributed by atoms with E-state index in [1.165, 1.54) is 0 Å². The second kappa shape index (κ2) is 6.07. The van der Waals surface area contributed by atoms with Crippen LogP contribution in [0.25, 0.3) is 0 Å². The van der Waals surface area contributed by atoms with Crippen molar-refractivity contribution in [1.29, 1.82) is 0 Å². The van der Waals surface area contributed by atoms with Gasteiger partial charge in [-0.2, -0.15) is 0 Å². The Bertz CT molecular complexity index is 307. The van der Waals surface area contributed by atoms with Gasteiger partial charge in [0, 0.05) is 19.1 Å². The van der Waals surface area contributed by atoms with E-state index in [1.807, 2.05) is 13.8 Å². The van der Waals surface area contributed by atoms with E-state index in [0.717, 1.165) is 13.1 Å². The lowest BCUT2D eigenvalue weighted by Crippen LogP contribution is -2.46. The maximum atomic E-state index is 12.1. The summed E-state index contributed by atoms with van der Waals surface area (Å²) in [5, 5.41) is 11.7. The predicted octanol–water partition coefficient (Wildman–Crippen LogP) is 1.78.